The zero-order valence-electron chi connectivity index (χ0n) is 8.75. The largest absolute Gasteiger partial charge is 0.468 e. The molecule has 0 heterocycles. The van der Waals surface area contributed by atoms with Gasteiger partial charge in [-0.1, -0.05) is 6.92 Å². The highest BCUT2D eigenvalue weighted by atomic mass is 16.6. The maximum Gasteiger partial charge on any atom is 0.330 e. The first-order valence-electron chi connectivity index (χ1n) is 4.19. The maximum atomic E-state index is 11.4. The Hall–Kier alpha value is -1.39. The molecule has 0 fully saturated rings. The van der Waals surface area contributed by atoms with E-state index in [-0.39, 0.29) is 6.42 Å². The molecule has 1 atom stereocenters. The van der Waals surface area contributed by atoms with Crippen LogP contribution in [0.5, 0.6) is 0 Å². The quantitative estimate of drug-likeness (QED) is 0.496. The number of hydrogen-bond acceptors (Lipinski definition) is 5. The van der Waals surface area contributed by atoms with E-state index in [2.05, 4.69) is 9.47 Å². The van der Waals surface area contributed by atoms with Crippen LogP contribution in [0.15, 0.2) is 0 Å². The molecule has 0 aromatic rings. The van der Waals surface area contributed by atoms with Gasteiger partial charge in [-0.2, -0.15) is 0 Å². The third-order valence-corrected chi connectivity index (χ3v) is 2.03. The molecule has 0 saturated heterocycles. The fourth-order valence-electron chi connectivity index (χ4n) is 0.840. The third kappa shape index (κ3) is 2.55. The van der Waals surface area contributed by atoms with E-state index in [0.717, 1.165) is 6.92 Å². The first-order chi connectivity index (χ1) is 6.38. The predicted molar refractivity (Wildman–Crippen MR) is 47.2 cm³/mol. The lowest BCUT2D eigenvalue weighted by Gasteiger charge is -2.21. The molecule has 0 saturated carbocycles. The summed E-state index contributed by atoms with van der Waals surface area (Å²) in [4.78, 5) is 33.1. The molecule has 0 aromatic heterocycles. The van der Waals surface area contributed by atoms with Gasteiger partial charge >= 0.3 is 17.9 Å². The van der Waals surface area contributed by atoms with Crippen LogP contribution in [-0.2, 0) is 23.9 Å². The van der Waals surface area contributed by atoms with Crippen molar-refractivity contribution in [2.45, 2.75) is 27.2 Å². The fraction of sp³-hybridized carbons (Fsp3) is 0.667. The Kier molecular flexibility index (Phi) is 4.27. The second kappa shape index (κ2) is 4.74. The molecule has 0 unspecified atom stereocenters. The first-order valence-corrected chi connectivity index (χ1v) is 4.19. The predicted octanol–water partition coefficient (Wildman–Crippen LogP) is 0.665. The van der Waals surface area contributed by atoms with Gasteiger partial charge in [0.15, 0.2) is 5.41 Å². The van der Waals surface area contributed by atoms with Crippen molar-refractivity contribution in [2.75, 3.05) is 7.11 Å². The number of ether oxygens (including phenoxy) is 2. The summed E-state index contributed by atoms with van der Waals surface area (Å²) in [6.07, 6.45) is 0.214. The topological polar surface area (TPSA) is 69.7 Å². The number of hydrogen-bond donors (Lipinski definition) is 0. The summed E-state index contributed by atoms with van der Waals surface area (Å²) >= 11 is 0. The molecular formula is C9H14O5. The van der Waals surface area contributed by atoms with Gasteiger partial charge in [-0.25, -0.2) is 0 Å². The van der Waals surface area contributed by atoms with Crippen LogP contribution in [-0.4, -0.2) is 25.0 Å². The lowest BCUT2D eigenvalue weighted by molar-refractivity contribution is -0.173. The molecule has 5 heteroatoms. The van der Waals surface area contributed by atoms with Crippen LogP contribution in [0.4, 0.5) is 0 Å². The fourth-order valence-corrected chi connectivity index (χ4v) is 0.840. The second-order valence-electron chi connectivity index (χ2n) is 3.06. The summed E-state index contributed by atoms with van der Waals surface area (Å²) in [6.45, 7) is 4.12. The van der Waals surface area contributed by atoms with Gasteiger partial charge in [-0.15, -0.1) is 0 Å². The Labute approximate surface area is 82.4 Å². The Morgan fingerprint density at radius 2 is 1.71 bits per heavy atom. The van der Waals surface area contributed by atoms with E-state index in [1.807, 2.05) is 0 Å². The number of carbonyl (C=O) groups is 3. The highest BCUT2D eigenvalue weighted by Crippen LogP contribution is 2.24. The standard InChI is InChI=1S/C9H14O5/c1-5-9(3,7(11)13-4)8(12)14-6(2)10/h5H2,1-4H3/t9-/m1/s1. The molecule has 0 spiro atoms. The summed E-state index contributed by atoms with van der Waals surface area (Å²) in [6, 6.07) is 0. The van der Waals surface area contributed by atoms with Crippen molar-refractivity contribution >= 4 is 17.9 Å². The zero-order chi connectivity index (χ0) is 11.4. The molecule has 0 aromatic carbocycles. The van der Waals surface area contributed by atoms with E-state index in [1.54, 1.807) is 6.92 Å². The molecule has 0 rings (SSSR count). The van der Waals surface area contributed by atoms with Crippen LogP contribution >= 0.6 is 0 Å². The van der Waals surface area contributed by atoms with Crippen molar-refractivity contribution in [3.8, 4) is 0 Å². The van der Waals surface area contributed by atoms with E-state index < -0.39 is 23.3 Å². The molecule has 14 heavy (non-hydrogen) atoms. The van der Waals surface area contributed by atoms with E-state index in [1.165, 1.54) is 14.0 Å². The minimum absolute atomic E-state index is 0.214. The average Bonchev–Trinajstić information content (AvgIpc) is 2.14. The first kappa shape index (κ1) is 12.6. The smallest absolute Gasteiger partial charge is 0.330 e. The Balaban J connectivity index is 4.76. The van der Waals surface area contributed by atoms with Gasteiger partial charge in [0.25, 0.3) is 0 Å². The number of esters is 3. The van der Waals surface area contributed by atoms with Gasteiger partial charge in [0.05, 0.1) is 7.11 Å². The Bertz CT molecular complexity index is 258. The number of rotatable bonds is 3. The molecule has 0 bridgehead atoms. The lowest BCUT2D eigenvalue weighted by atomic mass is 9.88. The molecule has 0 aliphatic rings. The molecule has 0 N–H and O–H groups in total. The summed E-state index contributed by atoms with van der Waals surface area (Å²) in [5.41, 5.74) is -1.40. The van der Waals surface area contributed by atoms with E-state index >= 15 is 0 Å². The molecule has 0 aliphatic heterocycles. The SMILES string of the molecule is CC[C@](C)(C(=O)OC)C(=O)OC(C)=O. The van der Waals surface area contributed by atoms with E-state index in [4.69, 9.17) is 0 Å². The summed E-state index contributed by atoms with van der Waals surface area (Å²) in [5, 5.41) is 0. The Morgan fingerprint density at radius 1 is 1.21 bits per heavy atom. The van der Waals surface area contributed by atoms with Gasteiger partial charge in [0.1, 0.15) is 0 Å². The second-order valence-corrected chi connectivity index (χ2v) is 3.06. The third-order valence-electron chi connectivity index (χ3n) is 2.03. The van der Waals surface area contributed by atoms with Crippen LogP contribution in [0.3, 0.4) is 0 Å². The number of methoxy groups -OCH3 is 1. The molecular weight excluding hydrogens is 188 g/mol. The van der Waals surface area contributed by atoms with Gasteiger partial charge in [0.2, 0.25) is 0 Å². The molecule has 0 radical (unpaired) electrons. The van der Waals surface area contributed by atoms with Gasteiger partial charge in [0, 0.05) is 6.92 Å². The highest BCUT2D eigenvalue weighted by Gasteiger charge is 2.43. The van der Waals surface area contributed by atoms with Gasteiger partial charge < -0.3 is 9.47 Å². The van der Waals surface area contributed by atoms with Crippen molar-refractivity contribution in [1.82, 2.24) is 0 Å². The molecule has 80 valence electrons. The monoisotopic (exact) mass is 202 g/mol. The Morgan fingerprint density at radius 3 is 2.00 bits per heavy atom. The van der Waals surface area contributed by atoms with Crippen molar-refractivity contribution in [3.63, 3.8) is 0 Å². The van der Waals surface area contributed by atoms with E-state index in [0.29, 0.717) is 0 Å². The van der Waals surface area contributed by atoms with Crippen LogP contribution in [0.1, 0.15) is 27.2 Å². The highest BCUT2D eigenvalue weighted by molar-refractivity contribution is 6.02. The number of carbonyl (C=O) groups excluding carboxylic acids is 3. The van der Waals surface area contributed by atoms with Crippen LogP contribution in [0, 0.1) is 5.41 Å². The van der Waals surface area contributed by atoms with Crippen molar-refractivity contribution in [3.05, 3.63) is 0 Å². The maximum absolute atomic E-state index is 11.4. The van der Waals surface area contributed by atoms with Crippen molar-refractivity contribution < 1.29 is 23.9 Å². The van der Waals surface area contributed by atoms with Crippen molar-refractivity contribution in [1.29, 1.82) is 0 Å². The zero-order valence-corrected chi connectivity index (χ0v) is 8.75. The average molecular weight is 202 g/mol. The summed E-state index contributed by atoms with van der Waals surface area (Å²) < 4.78 is 8.81. The normalized spacial score (nSPS) is 14.0. The van der Waals surface area contributed by atoms with Crippen molar-refractivity contribution in [2.24, 2.45) is 5.41 Å². The summed E-state index contributed by atoms with van der Waals surface area (Å²) in [5.74, 6) is -2.32. The molecule has 0 aliphatic carbocycles. The summed E-state index contributed by atoms with van der Waals surface area (Å²) in [7, 11) is 1.18. The molecule has 0 amide bonds. The van der Waals surface area contributed by atoms with Crippen LogP contribution in [0.2, 0.25) is 0 Å². The van der Waals surface area contributed by atoms with Gasteiger partial charge in [-0.05, 0) is 13.3 Å². The molecule has 5 nitrogen and oxygen atoms in total. The lowest BCUT2D eigenvalue weighted by Crippen LogP contribution is -2.39. The van der Waals surface area contributed by atoms with Crippen LogP contribution < -0.4 is 0 Å². The minimum atomic E-state index is -1.40. The minimum Gasteiger partial charge on any atom is -0.468 e. The van der Waals surface area contributed by atoms with Gasteiger partial charge in [-0.3, -0.25) is 14.4 Å². The van der Waals surface area contributed by atoms with Crippen LogP contribution in [0.25, 0.3) is 0 Å². The van der Waals surface area contributed by atoms with E-state index in [9.17, 15) is 14.4 Å².